The van der Waals surface area contributed by atoms with Crippen molar-refractivity contribution in [2.24, 2.45) is 5.92 Å². The summed E-state index contributed by atoms with van der Waals surface area (Å²) in [6.07, 6.45) is 2.39. The molecule has 1 nitrogen and oxygen atoms in total. The Hall–Kier alpha value is -0.980. The van der Waals surface area contributed by atoms with Crippen LogP contribution in [0.25, 0.3) is 0 Å². The Bertz CT molecular complexity index is 340. The van der Waals surface area contributed by atoms with Gasteiger partial charge in [-0.3, -0.25) is 0 Å². The summed E-state index contributed by atoms with van der Waals surface area (Å²) in [5, 5.41) is 0. The number of para-hydroxylation sites is 1. The van der Waals surface area contributed by atoms with E-state index in [9.17, 15) is 0 Å². The summed E-state index contributed by atoms with van der Waals surface area (Å²) in [5.41, 5.74) is 1.54. The van der Waals surface area contributed by atoms with Crippen molar-refractivity contribution in [3.8, 4) is 0 Å². The maximum absolute atomic E-state index is 2.59. The van der Waals surface area contributed by atoms with E-state index >= 15 is 0 Å². The van der Waals surface area contributed by atoms with Crippen molar-refractivity contribution >= 4 is 5.69 Å². The molecule has 102 valence electrons. The van der Waals surface area contributed by atoms with E-state index in [-0.39, 0.29) is 5.54 Å². The fraction of sp³-hybridized carbons (Fsp3) is 0.647. The third-order valence-corrected chi connectivity index (χ3v) is 3.63. The van der Waals surface area contributed by atoms with Gasteiger partial charge in [-0.25, -0.2) is 0 Å². The summed E-state index contributed by atoms with van der Waals surface area (Å²) >= 11 is 0. The quantitative estimate of drug-likeness (QED) is 0.674. The molecule has 0 amide bonds. The first-order chi connectivity index (χ1) is 8.38. The lowest BCUT2D eigenvalue weighted by Crippen LogP contribution is -2.50. The van der Waals surface area contributed by atoms with Gasteiger partial charge in [-0.05, 0) is 51.7 Å². The van der Waals surface area contributed by atoms with Crippen LogP contribution in [-0.4, -0.2) is 11.6 Å². The molecule has 1 aromatic carbocycles. The van der Waals surface area contributed by atoms with Crippen LogP contribution in [0.5, 0.6) is 0 Å². The fourth-order valence-electron chi connectivity index (χ4n) is 3.07. The van der Waals surface area contributed by atoms with Gasteiger partial charge in [-0.15, -0.1) is 0 Å². The van der Waals surface area contributed by atoms with Crippen molar-refractivity contribution in [3.05, 3.63) is 30.3 Å². The molecule has 0 bridgehead atoms. The number of anilines is 1. The summed E-state index contributed by atoms with van der Waals surface area (Å²) in [5.74, 6) is 0.718. The molecule has 0 heterocycles. The number of benzene rings is 1. The average molecular weight is 247 g/mol. The van der Waals surface area contributed by atoms with E-state index in [0.717, 1.165) is 5.92 Å². The minimum absolute atomic E-state index is 0.199. The first-order valence-corrected chi connectivity index (χ1v) is 7.23. The standard InChI is InChI=1S/C17H29N/c1-7-15(4)18(16-11-9-8-10-12-16)17(5,6)13-14(2)3/h8-12,14-15H,7,13H2,1-6H3. The zero-order chi connectivity index (χ0) is 13.8. The van der Waals surface area contributed by atoms with Crippen molar-refractivity contribution in [2.75, 3.05) is 4.90 Å². The van der Waals surface area contributed by atoms with Gasteiger partial charge in [0, 0.05) is 17.3 Å². The number of nitrogens with zero attached hydrogens (tertiary/aromatic N) is 1. The Morgan fingerprint density at radius 1 is 1.06 bits per heavy atom. The minimum atomic E-state index is 0.199. The summed E-state index contributed by atoms with van der Waals surface area (Å²) in [4.78, 5) is 2.59. The van der Waals surface area contributed by atoms with Crippen molar-refractivity contribution in [1.29, 1.82) is 0 Å². The number of hydrogen-bond acceptors (Lipinski definition) is 1. The molecule has 0 saturated carbocycles. The minimum Gasteiger partial charge on any atom is -0.364 e. The van der Waals surface area contributed by atoms with E-state index in [1.807, 2.05) is 0 Å². The molecule has 1 atom stereocenters. The van der Waals surface area contributed by atoms with Crippen LogP contribution in [0.15, 0.2) is 30.3 Å². The van der Waals surface area contributed by atoms with Crippen molar-refractivity contribution in [1.82, 2.24) is 0 Å². The molecule has 1 rings (SSSR count). The number of rotatable bonds is 6. The van der Waals surface area contributed by atoms with Crippen LogP contribution in [0.2, 0.25) is 0 Å². The van der Waals surface area contributed by atoms with Crippen LogP contribution in [0.3, 0.4) is 0 Å². The third kappa shape index (κ3) is 3.76. The lowest BCUT2D eigenvalue weighted by Gasteiger charge is -2.45. The van der Waals surface area contributed by atoms with Crippen molar-refractivity contribution in [2.45, 2.75) is 66.0 Å². The van der Waals surface area contributed by atoms with Crippen molar-refractivity contribution < 1.29 is 0 Å². The summed E-state index contributed by atoms with van der Waals surface area (Å²) in [7, 11) is 0. The van der Waals surface area contributed by atoms with Crippen LogP contribution in [-0.2, 0) is 0 Å². The second-order valence-electron chi connectivity index (χ2n) is 6.37. The van der Waals surface area contributed by atoms with Crippen LogP contribution in [0.4, 0.5) is 5.69 Å². The largest absolute Gasteiger partial charge is 0.364 e. The van der Waals surface area contributed by atoms with E-state index in [4.69, 9.17) is 0 Å². The van der Waals surface area contributed by atoms with Crippen LogP contribution < -0.4 is 4.90 Å². The molecule has 0 aliphatic heterocycles. The van der Waals surface area contributed by atoms with E-state index in [2.05, 4.69) is 76.8 Å². The van der Waals surface area contributed by atoms with Gasteiger partial charge >= 0.3 is 0 Å². The maximum Gasteiger partial charge on any atom is 0.0373 e. The van der Waals surface area contributed by atoms with E-state index in [0.29, 0.717) is 6.04 Å². The summed E-state index contributed by atoms with van der Waals surface area (Å²) in [6, 6.07) is 11.4. The van der Waals surface area contributed by atoms with Gasteiger partial charge in [0.2, 0.25) is 0 Å². The molecule has 1 aromatic rings. The highest BCUT2D eigenvalue weighted by atomic mass is 15.2. The molecule has 0 aliphatic rings. The Kier molecular flexibility index (Phi) is 5.25. The van der Waals surface area contributed by atoms with E-state index in [1.165, 1.54) is 18.5 Å². The van der Waals surface area contributed by atoms with Crippen LogP contribution in [0, 0.1) is 5.92 Å². The Balaban J connectivity index is 3.06. The highest BCUT2D eigenvalue weighted by Gasteiger charge is 2.30. The smallest absolute Gasteiger partial charge is 0.0373 e. The lowest BCUT2D eigenvalue weighted by molar-refractivity contribution is 0.341. The zero-order valence-corrected chi connectivity index (χ0v) is 12.9. The SMILES string of the molecule is CCC(C)N(c1ccccc1)C(C)(C)CC(C)C. The van der Waals surface area contributed by atoms with Gasteiger partial charge in [-0.1, -0.05) is 39.0 Å². The summed E-state index contributed by atoms with van der Waals surface area (Å²) in [6.45, 7) is 13.9. The molecule has 0 aromatic heterocycles. The molecule has 0 radical (unpaired) electrons. The Morgan fingerprint density at radius 2 is 1.61 bits per heavy atom. The predicted octanol–water partition coefficient (Wildman–Crippen LogP) is 5.12. The number of hydrogen-bond donors (Lipinski definition) is 0. The topological polar surface area (TPSA) is 3.24 Å². The van der Waals surface area contributed by atoms with Gasteiger partial charge in [0.25, 0.3) is 0 Å². The molecule has 0 saturated heterocycles. The Morgan fingerprint density at radius 3 is 2.06 bits per heavy atom. The second kappa shape index (κ2) is 6.26. The van der Waals surface area contributed by atoms with Crippen LogP contribution in [0.1, 0.15) is 54.4 Å². The highest BCUT2D eigenvalue weighted by molar-refractivity contribution is 5.49. The molecular formula is C17H29N. The van der Waals surface area contributed by atoms with Gasteiger partial charge in [0.05, 0.1) is 0 Å². The second-order valence-corrected chi connectivity index (χ2v) is 6.37. The molecular weight excluding hydrogens is 218 g/mol. The maximum atomic E-state index is 2.59. The molecule has 0 aliphatic carbocycles. The predicted molar refractivity (Wildman–Crippen MR) is 82.2 cm³/mol. The first-order valence-electron chi connectivity index (χ1n) is 7.23. The first kappa shape index (κ1) is 15.1. The average Bonchev–Trinajstić information content (AvgIpc) is 2.28. The van der Waals surface area contributed by atoms with Gasteiger partial charge in [0.15, 0.2) is 0 Å². The fourth-order valence-corrected chi connectivity index (χ4v) is 3.07. The van der Waals surface area contributed by atoms with Crippen molar-refractivity contribution in [3.63, 3.8) is 0 Å². The molecule has 0 N–H and O–H groups in total. The molecule has 0 fully saturated rings. The molecule has 0 spiro atoms. The third-order valence-electron chi connectivity index (χ3n) is 3.63. The molecule has 1 heteroatoms. The van der Waals surface area contributed by atoms with Gasteiger partial charge < -0.3 is 4.90 Å². The highest BCUT2D eigenvalue weighted by Crippen LogP contribution is 2.32. The van der Waals surface area contributed by atoms with E-state index in [1.54, 1.807) is 0 Å². The Labute approximate surface area is 113 Å². The monoisotopic (exact) mass is 247 g/mol. The van der Waals surface area contributed by atoms with Gasteiger partial charge in [-0.2, -0.15) is 0 Å². The summed E-state index contributed by atoms with van der Waals surface area (Å²) < 4.78 is 0. The molecule has 18 heavy (non-hydrogen) atoms. The van der Waals surface area contributed by atoms with E-state index < -0.39 is 0 Å². The zero-order valence-electron chi connectivity index (χ0n) is 12.9. The lowest BCUT2D eigenvalue weighted by atomic mass is 9.88. The van der Waals surface area contributed by atoms with Gasteiger partial charge in [0.1, 0.15) is 0 Å². The molecule has 1 unspecified atom stereocenters. The normalized spacial score (nSPS) is 13.7. The van der Waals surface area contributed by atoms with Crippen LogP contribution >= 0.6 is 0 Å².